The summed E-state index contributed by atoms with van der Waals surface area (Å²) in [5, 5.41) is 18.6. The van der Waals surface area contributed by atoms with Crippen molar-refractivity contribution in [3.8, 4) is 0 Å². The van der Waals surface area contributed by atoms with E-state index < -0.39 is 47.9 Å². The first-order valence-corrected chi connectivity index (χ1v) is 6.95. The minimum absolute atomic E-state index is 0.0102. The number of aliphatic carboxylic acids is 2. The van der Waals surface area contributed by atoms with Gasteiger partial charge in [-0.3, -0.25) is 19.2 Å². The Morgan fingerprint density at radius 3 is 1.50 bits per heavy atom. The molecule has 0 heterocycles. The van der Waals surface area contributed by atoms with Gasteiger partial charge in [0.1, 0.15) is 12.2 Å². The summed E-state index contributed by atoms with van der Waals surface area (Å²) in [6, 6.07) is 0. The van der Waals surface area contributed by atoms with E-state index in [0.29, 0.717) is 0 Å². The number of carbonyl (C=O) groups excluding carboxylic acids is 2. The molecule has 0 bridgehead atoms. The Bertz CT molecular complexity index is 418. The van der Waals surface area contributed by atoms with Crippen molar-refractivity contribution in [1.82, 2.24) is 0 Å². The fourth-order valence-electron chi connectivity index (χ4n) is 2.06. The predicted octanol–water partition coefficient (Wildman–Crippen LogP) is 1.22. The normalized spacial score (nSPS) is 16.0. The summed E-state index contributed by atoms with van der Waals surface area (Å²) >= 11 is 0. The highest BCUT2D eigenvalue weighted by molar-refractivity contribution is 5.84. The van der Waals surface area contributed by atoms with E-state index in [1.165, 1.54) is 27.7 Å². The monoisotopic (exact) mass is 318 g/mol. The molecule has 0 rings (SSSR count). The van der Waals surface area contributed by atoms with Gasteiger partial charge in [0.05, 0.1) is 6.42 Å². The SMILES string of the molecule is CCC(=O)OC(C)C(CC(=O)O)(C(=O)O)C(C)OC(=O)CC. The zero-order chi connectivity index (χ0) is 17.5. The van der Waals surface area contributed by atoms with Crippen molar-refractivity contribution < 1.29 is 38.9 Å². The van der Waals surface area contributed by atoms with Crippen LogP contribution in [0.25, 0.3) is 0 Å². The zero-order valence-electron chi connectivity index (χ0n) is 13.1. The number of esters is 2. The second-order valence-electron chi connectivity index (χ2n) is 4.89. The molecule has 8 heteroatoms. The maximum atomic E-state index is 11.7. The number of hydrogen-bond acceptors (Lipinski definition) is 6. The van der Waals surface area contributed by atoms with Crippen molar-refractivity contribution in [2.24, 2.45) is 5.41 Å². The molecular formula is C14H22O8. The Labute approximate surface area is 128 Å². The summed E-state index contributed by atoms with van der Waals surface area (Å²) in [6.45, 7) is 5.60. The molecule has 0 aliphatic rings. The van der Waals surface area contributed by atoms with Crippen LogP contribution in [0.5, 0.6) is 0 Å². The van der Waals surface area contributed by atoms with Crippen LogP contribution in [0.4, 0.5) is 0 Å². The van der Waals surface area contributed by atoms with Crippen molar-refractivity contribution in [3.63, 3.8) is 0 Å². The molecular weight excluding hydrogens is 296 g/mol. The molecule has 126 valence electrons. The van der Waals surface area contributed by atoms with E-state index in [9.17, 15) is 24.3 Å². The highest BCUT2D eigenvalue weighted by atomic mass is 16.6. The molecule has 0 aromatic rings. The lowest BCUT2D eigenvalue weighted by Crippen LogP contribution is -2.53. The number of rotatable bonds is 9. The lowest BCUT2D eigenvalue weighted by Gasteiger charge is -2.37. The van der Waals surface area contributed by atoms with Gasteiger partial charge < -0.3 is 19.7 Å². The van der Waals surface area contributed by atoms with Gasteiger partial charge in [-0.15, -0.1) is 0 Å². The number of ether oxygens (including phenoxy) is 2. The smallest absolute Gasteiger partial charge is 0.317 e. The van der Waals surface area contributed by atoms with Gasteiger partial charge in [0, 0.05) is 12.8 Å². The van der Waals surface area contributed by atoms with Crippen molar-refractivity contribution in [2.45, 2.75) is 59.2 Å². The third kappa shape index (κ3) is 4.71. The van der Waals surface area contributed by atoms with Crippen molar-refractivity contribution in [3.05, 3.63) is 0 Å². The molecule has 2 unspecified atom stereocenters. The van der Waals surface area contributed by atoms with Gasteiger partial charge in [-0.2, -0.15) is 0 Å². The van der Waals surface area contributed by atoms with Crippen molar-refractivity contribution >= 4 is 23.9 Å². The average Bonchev–Trinajstić information content (AvgIpc) is 2.43. The van der Waals surface area contributed by atoms with Crippen molar-refractivity contribution in [2.75, 3.05) is 0 Å². The van der Waals surface area contributed by atoms with E-state index in [4.69, 9.17) is 14.6 Å². The molecule has 2 atom stereocenters. The lowest BCUT2D eigenvalue weighted by atomic mass is 9.74. The molecule has 0 aliphatic heterocycles. The quantitative estimate of drug-likeness (QED) is 0.607. The minimum Gasteiger partial charge on any atom is -0.481 e. The number of carboxylic acids is 2. The van der Waals surface area contributed by atoms with E-state index in [0.717, 1.165) is 0 Å². The Hall–Kier alpha value is -2.12. The highest BCUT2D eigenvalue weighted by Crippen LogP contribution is 2.36. The van der Waals surface area contributed by atoms with Crippen LogP contribution in [0, 0.1) is 5.41 Å². The molecule has 0 aliphatic carbocycles. The minimum atomic E-state index is -2.07. The molecule has 0 fully saturated rings. The third-order valence-corrected chi connectivity index (χ3v) is 3.49. The summed E-state index contributed by atoms with van der Waals surface area (Å²) in [4.78, 5) is 45.6. The van der Waals surface area contributed by atoms with Crippen molar-refractivity contribution in [1.29, 1.82) is 0 Å². The highest BCUT2D eigenvalue weighted by Gasteiger charge is 2.54. The molecule has 0 saturated heterocycles. The Balaban J connectivity index is 5.68. The van der Waals surface area contributed by atoms with E-state index in [1.54, 1.807) is 0 Å². The average molecular weight is 318 g/mol. The first-order valence-electron chi connectivity index (χ1n) is 6.95. The zero-order valence-corrected chi connectivity index (χ0v) is 13.1. The molecule has 2 N–H and O–H groups in total. The molecule has 0 aromatic carbocycles. The van der Waals surface area contributed by atoms with E-state index in [-0.39, 0.29) is 12.8 Å². The van der Waals surface area contributed by atoms with Gasteiger partial charge in [-0.1, -0.05) is 13.8 Å². The Morgan fingerprint density at radius 2 is 1.27 bits per heavy atom. The largest absolute Gasteiger partial charge is 0.481 e. The van der Waals surface area contributed by atoms with Gasteiger partial charge in [0.2, 0.25) is 0 Å². The molecule has 0 aromatic heterocycles. The van der Waals surface area contributed by atoms with Gasteiger partial charge in [-0.05, 0) is 13.8 Å². The molecule has 0 saturated carbocycles. The second kappa shape index (κ2) is 8.35. The van der Waals surface area contributed by atoms with E-state index in [2.05, 4.69) is 0 Å². The van der Waals surface area contributed by atoms with E-state index in [1.807, 2.05) is 0 Å². The molecule has 22 heavy (non-hydrogen) atoms. The van der Waals surface area contributed by atoms with Crippen LogP contribution in [0.1, 0.15) is 47.0 Å². The Kier molecular flexibility index (Phi) is 7.55. The maximum absolute atomic E-state index is 11.7. The topological polar surface area (TPSA) is 127 Å². The number of carboxylic acid groups (broad SMARTS) is 2. The van der Waals surface area contributed by atoms with Crippen LogP contribution in [0.3, 0.4) is 0 Å². The Morgan fingerprint density at radius 1 is 0.909 bits per heavy atom. The van der Waals surface area contributed by atoms with E-state index >= 15 is 0 Å². The molecule has 8 nitrogen and oxygen atoms in total. The lowest BCUT2D eigenvalue weighted by molar-refractivity contribution is -0.190. The fraction of sp³-hybridized carbons (Fsp3) is 0.714. The third-order valence-electron chi connectivity index (χ3n) is 3.49. The maximum Gasteiger partial charge on any atom is 0.317 e. The first kappa shape index (κ1) is 19.9. The summed E-state index contributed by atoms with van der Waals surface area (Å²) in [7, 11) is 0. The molecule has 0 amide bonds. The fourth-order valence-corrected chi connectivity index (χ4v) is 2.06. The van der Waals surface area contributed by atoms with Gasteiger partial charge >= 0.3 is 23.9 Å². The standard InChI is InChI=1S/C14H22O8/c1-5-11(17)21-8(3)14(13(19)20,7-10(15)16)9(4)22-12(18)6-2/h8-9H,5-7H2,1-4H3,(H,15,16)(H,19,20). The predicted molar refractivity (Wildman–Crippen MR) is 74.0 cm³/mol. The number of carbonyl (C=O) groups is 4. The first-order chi connectivity index (χ1) is 10.1. The summed E-state index contributed by atoms with van der Waals surface area (Å²) < 4.78 is 9.98. The summed E-state index contributed by atoms with van der Waals surface area (Å²) in [6.07, 6.45) is -3.40. The molecule has 0 radical (unpaired) electrons. The van der Waals surface area contributed by atoms with Gasteiger partial charge in [0.15, 0.2) is 5.41 Å². The van der Waals surface area contributed by atoms with Crippen LogP contribution in [0.2, 0.25) is 0 Å². The summed E-state index contributed by atoms with van der Waals surface area (Å²) in [5.74, 6) is -4.25. The molecule has 0 spiro atoms. The van der Waals surface area contributed by atoms with Crippen LogP contribution in [-0.2, 0) is 28.7 Å². The van der Waals surface area contributed by atoms with Gasteiger partial charge in [-0.25, -0.2) is 0 Å². The van der Waals surface area contributed by atoms with Crippen LogP contribution >= 0.6 is 0 Å². The van der Waals surface area contributed by atoms with Crippen LogP contribution in [0.15, 0.2) is 0 Å². The van der Waals surface area contributed by atoms with Crippen LogP contribution in [-0.4, -0.2) is 46.3 Å². The van der Waals surface area contributed by atoms with Gasteiger partial charge in [0.25, 0.3) is 0 Å². The number of hydrogen-bond donors (Lipinski definition) is 2. The second-order valence-corrected chi connectivity index (χ2v) is 4.89. The van der Waals surface area contributed by atoms with Crippen LogP contribution < -0.4 is 0 Å². The summed E-state index contributed by atoms with van der Waals surface area (Å²) in [5.41, 5.74) is -2.07.